The maximum Gasteiger partial charge on any atom is 0.251 e. The van der Waals surface area contributed by atoms with E-state index >= 15 is 0 Å². The molecule has 0 fully saturated rings. The van der Waals surface area contributed by atoms with E-state index in [1.165, 1.54) is 0 Å². The van der Waals surface area contributed by atoms with Gasteiger partial charge in [-0.05, 0) is 35.9 Å². The molecule has 1 heterocycles. The number of aromatic nitrogens is 1. The number of benzene rings is 3. The van der Waals surface area contributed by atoms with Gasteiger partial charge < -0.3 is 14.5 Å². The molecule has 0 aliphatic rings. The molecule has 0 aliphatic heterocycles. The van der Waals surface area contributed by atoms with Gasteiger partial charge in [-0.25, -0.2) is 4.98 Å². The molecule has 29 heavy (non-hydrogen) atoms. The molecular weight excluding hydrogens is 364 g/mol. The van der Waals surface area contributed by atoms with Crippen molar-refractivity contribution in [2.75, 3.05) is 0 Å². The van der Waals surface area contributed by atoms with Crippen molar-refractivity contribution in [3.63, 3.8) is 0 Å². The van der Waals surface area contributed by atoms with Crippen molar-refractivity contribution in [2.45, 2.75) is 13.2 Å². The fourth-order valence-corrected chi connectivity index (χ4v) is 2.85. The molecule has 0 atom stereocenters. The highest BCUT2D eigenvalue weighted by Gasteiger charge is 2.09. The first kappa shape index (κ1) is 18.5. The van der Waals surface area contributed by atoms with Crippen molar-refractivity contribution in [3.05, 3.63) is 108 Å². The fourth-order valence-electron chi connectivity index (χ4n) is 2.85. The lowest BCUT2D eigenvalue weighted by atomic mass is 10.2. The van der Waals surface area contributed by atoms with Crippen LogP contribution in [-0.4, -0.2) is 10.9 Å². The smallest absolute Gasteiger partial charge is 0.251 e. The summed E-state index contributed by atoms with van der Waals surface area (Å²) < 4.78 is 11.3. The molecule has 0 spiro atoms. The van der Waals surface area contributed by atoms with Crippen LogP contribution >= 0.6 is 0 Å². The van der Waals surface area contributed by atoms with Crippen molar-refractivity contribution in [2.24, 2.45) is 0 Å². The predicted octanol–water partition coefficient (Wildman–Crippen LogP) is 4.85. The van der Waals surface area contributed by atoms with Gasteiger partial charge in [0.2, 0.25) is 5.89 Å². The number of nitrogens with one attached hydrogen (secondary N) is 1. The summed E-state index contributed by atoms with van der Waals surface area (Å²) in [5.41, 5.74) is 3.19. The van der Waals surface area contributed by atoms with Gasteiger partial charge in [0.25, 0.3) is 5.91 Å². The van der Waals surface area contributed by atoms with Crippen LogP contribution in [0.5, 0.6) is 5.75 Å². The van der Waals surface area contributed by atoms with Crippen LogP contribution in [0.3, 0.4) is 0 Å². The predicted molar refractivity (Wildman–Crippen MR) is 110 cm³/mol. The minimum absolute atomic E-state index is 0.146. The Morgan fingerprint density at radius 2 is 1.69 bits per heavy atom. The Bertz CT molecular complexity index is 1080. The number of rotatable bonds is 7. The summed E-state index contributed by atoms with van der Waals surface area (Å²) in [5.74, 6) is 1.01. The summed E-state index contributed by atoms with van der Waals surface area (Å²) in [5, 5.41) is 2.92. The molecule has 0 aliphatic carbocycles. The van der Waals surface area contributed by atoms with Gasteiger partial charge in [-0.2, -0.15) is 0 Å². The third kappa shape index (κ3) is 4.90. The highest BCUT2D eigenvalue weighted by molar-refractivity contribution is 5.94. The summed E-state index contributed by atoms with van der Waals surface area (Å²) in [6, 6.07) is 26.6. The van der Waals surface area contributed by atoms with Gasteiger partial charge in [0.1, 0.15) is 24.3 Å². The van der Waals surface area contributed by atoms with E-state index in [0.717, 1.165) is 11.1 Å². The van der Waals surface area contributed by atoms with Crippen LogP contribution < -0.4 is 10.1 Å². The molecule has 144 valence electrons. The van der Waals surface area contributed by atoms with E-state index in [1.807, 2.05) is 66.7 Å². The van der Waals surface area contributed by atoms with Gasteiger partial charge in [-0.15, -0.1) is 0 Å². The summed E-state index contributed by atoms with van der Waals surface area (Å²) in [7, 11) is 0. The van der Waals surface area contributed by atoms with Crippen LogP contribution in [0.25, 0.3) is 11.5 Å². The lowest BCUT2D eigenvalue weighted by molar-refractivity contribution is 0.0950. The third-order valence-electron chi connectivity index (χ3n) is 4.35. The first-order valence-electron chi connectivity index (χ1n) is 9.33. The zero-order valence-electron chi connectivity index (χ0n) is 15.7. The van der Waals surface area contributed by atoms with E-state index in [1.54, 1.807) is 24.5 Å². The molecule has 3 aromatic carbocycles. The molecule has 0 saturated heterocycles. The molecule has 4 aromatic rings. The Kier molecular flexibility index (Phi) is 5.67. The maximum absolute atomic E-state index is 12.4. The number of nitrogens with zero attached hydrogens (tertiary/aromatic N) is 1. The zero-order chi connectivity index (χ0) is 19.9. The zero-order valence-corrected chi connectivity index (χ0v) is 15.7. The molecule has 5 nitrogen and oxygen atoms in total. The Morgan fingerprint density at radius 3 is 2.48 bits per heavy atom. The molecule has 1 aromatic heterocycles. The molecule has 4 rings (SSSR count). The Labute approximate surface area is 169 Å². The highest BCUT2D eigenvalue weighted by Crippen LogP contribution is 2.20. The van der Waals surface area contributed by atoms with Gasteiger partial charge in [-0.1, -0.05) is 54.6 Å². The van der Waals surface area contributed by atoms with Crippen molar-refractivity contribution in [1.82, 2.24) is 10.3 Å². The average molecular weight is 384 g/mol. The second-order valence-corrected chi connectivity index (χ2v) is 6.49. The average Bonchev–Trinajstić information content (AvgIpc) is 3.27. The molecule has 5 heteroatoms. The van der Waals surface area contributed by atoms with E-state index in [-0.39, 0.29) is 12.5 Å². The number of amides is 1. The number of carbonyl (C=O) groups excluding carboxylic acids is 1. The molecule has 1 N–H and O–H groups in total. The standard InChI is InChI=1S/C24H20N2O3/c27-23(25-15-18-8-3-1-4-9-18)20-12-7-13-22(14-20)28-16-21-17-29-24(26-21)19-10-5-2-6-11-19/h1-14,17H,15-16H2,(H,25,27). The Balaban J connectivity index is 1.35. The van der Waals surface area contributed by atoms with E-state index in [9.17, 15) is 4.79 Å². The normalized spacial score (nSPS) is 10.5. The van der Waals surface area contributed by atoms with E-state index < -0.39 is 0 Å². The lowest BCUT2D eigenvalue weighted by Crippen LogP contribution is -2.22. The molecular formula is C24H20N2O3. The van der Waals surface area contributed by atoms with Crippen LogP contribution in [0.2, 0.25) is 0 Å². The summed E-state index contributed by atoms with van der Waals surface area (Å²) in [6.07, 6.45) is 1.58. The monoisotopic (exact) mass is 384 g/mol. The third-order valence-corrected chi connectivity index (χ3v) is 4.35. The summed E-state index contributed by atoms with van der Waals surface area (Å²) in [6.45, 7) is 0.734. The van der Waals surface area contributed by atoms with Gasteiger partial charge >= 0.3 is 0 Å². The minimum atomic E-state index is -0.146. The number of oxazole rings is 1. The topological polar surface area (TPSA) is 64.4 Å². The number of hydrogen-bond donors (Lipinski definition) is 1. The fraction of sp³-hybridized carbons (Fsp3) is 0.0833. The molecule has 0 bridgehead atoms. The Morgan fingerprint density at radius 1 is 0.931 bits per heavy atom. The van der Waals surface area contributed by atoms with E-state index in [0.29, 0.717) is 29.4 Å². The maximum atomic E-state index is 12.4. The number of carbonyl (C=O) groups is 1. The van der Waals surface area contributed by atoms with E-state index in [2.05, 4.69) is 10.3 Å². The quantitative estimate of drug-likeness (QED) is 0.495. The first-order chi connectivity index (χ1) is 14.3. The molecule has 0 unspecified atom stereocenters. The van der Waals surface area contributed by atoms with Crippen LogP contribution in [0.15, 0.2) is 95.6 Å². The molecule has 0 radical (unpaired) electrons. The second-order valence-electron chi connectivity index (χ2n) is 6.49. The van der Waals surface area contributed by atoms with Crippen LogP contribution in [-0.2, 0) is 13.2 Å². The minimum Gasteiger partial charge on any atom is -0.487 e. The Hall–Kier alpha value is -3.86. The molecule has 1 amide bonds. The van der Waals surface area contributed by atoms with Crippen molar-refractivity contribution >= 4 is 5.91 Å². The van der Waals surface area contributed by atoms with Gasteiger partial charge in [0.15, 0.2) is 0 Å². The van der Waals surface area contributed by atoms with Crippen LogP contribution in [0.4, 0.5) is 0 Å². The van der Waals surface area contributed by atoms with Gasteiger partial charge in [0.05, 0.1) is 0 Å². The highest BCUT2D eigenvalue weighted by atomic mass is 16.5. The van der Waals surface area contributed by atoms with Crippen molar-refractivity contribution < 1.29 is 13.9 Å². The van der Waals surface area contributed by atoms with Gasteiger partial charge in [-0.3, -0.25) is 4.79 Å². The summed E-state index contributed by atoms with van der Waals surface area (Å²) in [4.78, 5) is 16.9. The number of hydrogen-bond acceptors (Lipinski definition) is 4. The first-order valence-corrected chi connectivity index (χ1v) is 9.33. The van der Waals surface area contributed by atoms with Gasteiger partial charge in [0, 0.05) is 17.7 Å². The lowest BCUT2D eigenvalue weighted by Gasteiger charge is -2.08. The van der Waals surface area contributed by atoms with Crippen LogP contribution in [0, 0.1) is 0 Å². The SMILES string of the molecule is O=C(NCc1ccccc1)c1cccc(OCc2coc(-c3ccccc3)n2)c1. The van der Waals surface area contributed by atoms with Crippen LogP contribution in [0.1, 0.15) is 21.6 Å². The number of ether oxygens (including phenoxy) is 1. The second kappa shape index (κ2) is 8.89. The van der Waals surface area contributed by atoms with Crippen molar-refractivity contribution in [1.29, 1.82) is 0 Å². The molecule has 0 saturated carbocycles. The largest absolute Gasteiger partial charge is 0.487 e. The van der Waals surface area contributed by atoms with Crippen molar-refractivity contribution in [3.8, 4) is 17.2 Å². The summed E-state index contributed by atoms with van der Waals surface area (Å²) >= 11 is 0. The van der Waals surface area contributed by atoms with E-state index in [4.69, 9.17) is 9.15 Å².